The summed E-state index contributed by atoms with van der Waals surface area (Å²) in [4.78, 5) is 28.6. The number of carboxylic acids is 1. The molecule has 3 rings (SSSR count). The van der Waals surface area contributed by atoms with E-state index in [1.54, 1.807) is 0 Å². The quantitative estimate of drug-likeness (QED) is 0.795. The summed E-state index contributed by atoms with van der Waals surface area (Å²) in [5.41, 5.74) is 1.11. The van der Waals surface area contributed by atoms with E-state index in [1.807, 2.05) is 0 Å². The molecule has 0 spiro atoms. The Kier molecular flexibility index (Phi) is 4.10. The number of nitrogens with one attached hydrogen (secondary N) is 2. The highest BCUT2D eigenvalue weighted by atomic mass is 32.1. The van der Waals surface area contributed by atoms with Crippen LogP contribution < -0.4 is 10.6 Å². The Morgan fingerprint density at radius 2 is 2.14 bits per heavy atom. The van der Waals surface area contributed by atoms with Crippen LogP contribution in [-0.2, 0) is 17.6 Å². The minimum Gasteiger partial charge on any atom is -0.481 e. The summed E-state index contributed by atoms with van der Waals surface area (Å²) in [7, 11) is 0. The summed E-state index contributed by atoms with van der Waals surface area (Å²) < 4.78 is 0. The zero-order valence-electron chi connectivity index (χ0n) is 11.7. The van der Waals surface area contributed by atoms with Crippen LogP contribution in [0.5, 0.6) is 0 Å². The summed E-state index contributed by atoms with van der Waals surface area (Å²) in [6.07, 6.45) is 5.70. The van der Waals surface area contributed by atoms with E-state index in [9.17, 15) is 9.59 Å². The molecule has 2 unspecified atom stereocenters. The Hall–Kier alpha value is -1.63. The number of carbonyl (C=O) groups excluding carboxylic acids is 1. The van der Waals surface area contributed by atoms with Crippen molar-refractivity contribution in [2.24, 2.45) is 11.8 Å². The number of nitrogens with zero attached hydrogens (tertiary/aromatic N) is 1. The molecule has 1 aromatic rings. The van der Waals surface area contributed by atoms with Gasteiger partial charge in [0.25, 0.3) is 0 Å². The zero-order valence-corrected chi connectivity index (χ0v) is 12.5. The lowest BCUT2D eigenvalue weighted by atomic mass is 9.96. The molecule has 0 aromatic carbocycles. The molecule has 114 valence electrons. The first-order valence-electron chi connectivity index (χ1n) is 7.39. The van der Waals surface area contributed by atoms with Crippen molar-refractivity contribution in [2.75, 3.05) is 11.9 Å². The third-order valence-electron chi connectivity index (χ3n) is 4.32. The van der Waals surface area contributed by atoms with Crippen molar-refractivity contribution in [3.05, 3.63) is 10.6 Å². The van der Waals surface area contributed by atoms with E-state index in [-0.39, 0.29) is 17.9 Å². The second-order valence-electron chi connectivity index (χ2n) is 5.71. The first-order valence-corrected chi connectivity index (χ1v) is 8.21. The van der Waals surface area contributed by atoms with Crippen molar-refractivity contribution in [3.8, 4) is 0 Å². The van der Waals surface area contributed by atoms with E-state index in [0.29, 0.717) is 18.1 Å². The van der Waals surface area contributed by atoms with Crippen molar-refractivity contribution in [1.29, 1.82) is 0 Å². The van der Waals surface area contributed by atoms with E-state index in [0.717, 1.165) is 37.8 Å². The maximum absolute atomic E-state index is 11.9. The highest BCUT2D eigenvalue weighted by Crippen LogP contribution is 2.32. The summed E-state index contributed by atoms with van der Waals surface area (Å²) in [6.45, 7) is 0.411. The molecule has 2 aliphatic carbocycles. The van der Waals surface area contributed by atoms with Crippen LogP contribution in [0.2, 0.25) is 0 Å². The van der Waals surface area contributed by atoms with Gasteiger partial charge in [-0.2, -0.15) is 0 Å². The topological polar surface area (TPSA) is 91.3 Å². The standard InChI is InChI=1S/C14H19N3O3S/c18-12(19)9-4-1-3-8(9)7-15-13(20)17-14-16-10-5-2-6-11(10)21-14/h8-9H,1-7H2,(H,18,19)(H2,15,16,17,20). The lowest BCUT2D eigenvalue weighted by molar-refractivity contribution is -0.142. The van der Waals surface area contributed by atoms with E-state index < -0.39 is 5.97 Å². The second kappa shape index (κ2) is 6.01. The average Bonchev–Trinajstić information content (AvgIpc) is 3.10. The van der Waals surface area contributed by atoms with Crippen molar-refractivity contribution in [3.63, 3.8) is 0 Å². The number of urea groups is 1. The molecule has 1 aromatic heterocycles. The van der Waals surface area contributed by atoms with E-state index in [1.165, 1.54) is 16.2 Å². The highest BCUT2D eigenvalue weighted by Gasteiger charge is 2.32. The van der Waals surface area contributed by atoms with E-state index in [4.69, 9.17) is 5.11 Å². The van der Waals surface area contributed by atoms with Crippen LogP contribution in [0.1, 0.15) is 36.3 Å². The van der Waals surface area contributed by atoms with E-state index >= 15 is 0 Å². The molecule has 2 aliphatic rings. The molecule has 0 radical (unpaired) electrons. The van der Waals surface area contributed by atoms with Gasteiger partial charge in [0.15, 0.2) is 5.13 Å². The molecule has 2 amide bonds. The number of aliphatic carboxylic acids is 1. The Balaban J connectivity index is 1.49. The molecule has 2 atom stereocenters. The molecule has 6 nitrogen and oxygen atoms in total. The predicted molar refractivity (Wildman–Crippen MR) is 79.6 cm³/mol. The summed E-state index contributed by atoms with van der Waals surface area (Å²) in [5.74, 6) is -1.04. The van der Waals surface area contributed by atoms with E-state index in [2.05, 4.69) is 15.6 Å². The van der Waals surface area contributed by atoms with Crippen LogP contribution >= 0.6 is 11.3 Å². The Morgan fingerprint density at radius 1 is 1.29 bits per heavy atom. The third kappa shape index (κ3) is 3.18. The maximum atomic E-state index is 11.9. The molecular formula is C14H19N3O3S. The van der Waals surface area contributed by atoms with Gasteiger partial charge in [-0.05, 0) is 38.0 Å². The van der Waals surface area contributed by atoms with Gasteiger partial charge in [0.2, 0.25) is 0 Å². The third-order valence-corrected chi connectivity index (χ3v) is 5.39. The number of hydrogen-bond acceptors (Lipinski definition) is 4. The van der Waals surface area contributed by atoms with Gasteiger partial charge in [-0.3, -0.25) is 10.1 Å². The van der Waals surface area contributed by atoms with Crippen LogP contribution in [0.15, 0.2) is 0 Å². The number of hydrogen-bond donors (Lipinski definition) is 3. The smallest absolute Gasteiger partial charge is 0.321 e. The van der Waals surface area contributed by atoms with Crippen LogP contribution in [0.25, 0.3) is 0 Å². The lowest BCUT2D eigenvalue weighted by Crippen LogP contribution is -2.35. The lowest BCUT2D eigenvalue weighted by Gasteiger charge is -2.16. The Labute approximate surface area is 127 Å². The fourth-order valence-electron chi connectivity index (χ4n) is 3.22. The van der Waals surface area contributed by atoms with Gasteiger partial charge in [-0.15, -0.1) is 11.3 Å². The molecule has 0 bridgehead atoms. The Morgan fingerprint density at radius 3 is 2.90 bits per heavy atom. The van der Waals surface area contributed by atoms with Crippen molar-refractivity contribution >= 4 is 28.5 Å². The number of carboxylic acid groups (broad SMARTS) is 1. The van der Waals surface area contributed by atoms with Gasteiger partial charge in [-0.1, -0.05) is 6.42 Å². The summed E-state index contributed by atoms with van der Waals surface area (Å²) >= 11 is 1.54. The van der Waals surface area contributed by atoms with Gasteiger partial charge in [0.1, 0.15) is 0 Å². The molecule has 3 N–H and O–H groups in total. The monoisotopic (exact) mass is 309 g/mol. The Bertz CT molecular complexity index is 536. The van der Waals surface area contributed by atoms with Crippen molar-refractivity contribution in [1.82, 2.24) is 10.3 Å². The minimum absolute atomic E-state index is 0.0366. The van der Waals surface area contributed by atoms with Crippen molar-refractivity contribution < 1.29 is 14.7 Å². The first-order chi connectivity index (χ1) is 10.1. The van der Waals surface area contributed by atoms with Crippen LogP contribution in [-0.4, -0.2) is 28.6 Å². The highest BCUT2D eigenvalue weighted by molar-refractivity contribution is 7.15. The number of carbonyl (C=O) groups is 2. The molecule has 1 heterocycles. The maximum Gasteiger partial charge on any atom is 0.321 e. The van der Waals surface area contributed by atoms with Gasteiger partial charge >= 0.3 is 12.0 Å². The number of rotatable bonds is 4. The first kappa shape index (κ1) is 14.3. The number of aromatic nitrogens is 1. The predicted octanol–water partition coefficient (Wildman–Crippen LogP) is 2.25. The van der Waals surface area contributed by atoms with Gasteiger partial charge < -0.3 is 10.4 Å². The normalized spacial score (nSPS) is 23.8. The number of aryl methyl sites for hydroxylation is 2. The number of anilines is 1. The van der Waals surface area contributed by atoms with Gasteiger partial charge in [0.05, 0.1) is 11.6 Å². The summed E-state index contributed by atoms with van der Waals surface area (Å²) in [6, 6.07) is -0.293. The van der Waals surface area contributed by atoms with Gasteiger partial charge in [-0.25, -0.2) is 9.78 Å². The molecule has 0 saturated heterocycles. The largest absolute Gasteiger partial charge is 0.481 e. The van der Waals surface area contributed by atoms with Crippen LogP contribution in [0, 0.1) is 11.8 Å². The van der Waals surface area contributed by atoms with Gasteiger partial charge in [0, 0.05) is 11.4 Å². The molecule has 0 aliphatic heterocycles. The SMILES string of the molecule is O=C(NCC1CCCC1C(=O)O)Nc1nc2c(s1)CCC2. The molecule has 7 heteroatoms. The molecule has 21 heavy (non-hydrogen) atoms. The van der Waals surface area contributed by atoms with Crippen LogP contribution in [0.4, 0.5) is 9.93 Å². The fourth-order valence-corrected chi connectivity index (χ4v) is 4.26. The molecular weight excluding hydrogens is 290 g/mol. The van der Waals surface area contributed by atoms with Crippen LogP contribution in [0.3, 0.4) is 0 Å². The molecule has 1 fully saturated rings. The fraction of sp³-hybridized carbons (Fsp3) is 0.643. The summed E-state index contributed by atoms with van der Waals surface area (Å²) in [5, 5.41) is 15.3. The van der Waals surface area contributed by atoms with Crippen molar-refractivity contribution in [2.45, 2.75) is 38.5 Å². The number of thiazole rings is 1. The molecule has 1 saturated carbocycles. The number of amides is 2. The zero-order chi connectivity index (χ0) is 14.8. The second-order valence-corrected chi connectivity index (χ2v) is 6.80. The average molecular weight is 309 g/mol. The number of fused-ring (bicyclic) bond motifs is 1. The minimum atomic E-state index is -0.754.